The van der Waals surface area contributed by atoms with Crippen molar-refractivity contribution in [1.82, 2.24) is 9.88 Å². The highest BCUT2D eigenvalue weighted by atomic mass is 32.1. The first-order valence-electron chi connectivity index (χ1n) is 8.56. The molecule has 2 aromatic rings. The van der Waals surface area contributed by atoms with E-state index in [9.17, 15) is 4.79 Å². The number of hydrogen-bond acceptors (Lipinski definition) is 5. The third-order valence-electron chi connectivity index (χ3n) is 5.25. The van der Waals surface area contributed by atoms with Crippen molar-refractivity contribution in [1.29, 1.82) is 0 Å². The van der Waals surface area contributed by atoms with E-state index in [1.165, 1.54) is 11.3 Å². The van der Waals surface area contributed by atoms with Crippen LogP contribution >= 0.6 is 11.3 Å². The van der Waals surface area contributed by atoms with Crippen molar-refractivity contribution in [2.24, 2.45) is 11.3 Å². The van der Waals surface area contributed by atoms with Gasteiger partial charge < -0.3 is 14.4 Å². The van der Waals surface area contributed by atoms with E-state index in [-0.39, 0.29) is 11.3 Å². The van der Waals surface area contributed by atoms with Gasteiger partial charge in [-0.3, -0.25) is 9.78 Å². The van der Waals surface area contributed by atoms with Crippen LogP contribution in [0.25, 0.3) is 0 Å². The third kappa shape index (κ3) is 3.21. The van der Waals surface area contributed by atoms with E-state index in [0.29, 0.717) is 38.9 Å². The minimum atomic E-state index is -0.0803. The smallest absolute Gasteiger partial charge is 0.264 e. The Bertz CT molecular complexity index is 748. The maximum atomic E-state index is 12.8. The number of nitrogens with zero attached hydrogens (tertiary/aromatic N) is 2. The molecule has 0 aliphatic carbocycles. The van der Waals surface area contributed by atoms with Gasteiger partial charge in [0, 0.05) is 36.8 Å². The Morgan fingerprint density at radius 3 is 3.20 bits per heavy atom. The van der Waals surface area contributed by atoms with E-state index in [1.807, 2.05) is 41.6 Å². The lowest BCUT2D eigenvalue weighted by Crippen LogP contribution is -2.37. The highest BCUT2D eigenvalue weighted by Crippen LogP contribution is 2.42. The quantitative estimate of drug-likeness (QED) is 0.825. The predicted octanol–water partition coefficient (Wildman–Crippen LogP) is 2.76. The van der Waals surface area contributed by atoms with Crippen LogP contribution in [0, 0.1) is 18.3 Å². The van der Waals surface area contributed by atoms with E-state index >= 15 is 0 Å². The Balaban J connectivity index is 1.42. The maximum absolute atomic E-state index is 12.8. The molecule has 0 saturated carbocycles. The number of thiophene rings is 1. The minimum absolute atomic E-state index is 0.0803. The first-order chi connectivity index (χ1) is 12.2. The molecule has 5 nitrogen and oxygen atoms in total. The molecule has 2 aliphatic rings. The lowest BCUT2D eigenvalue weighted by atomic mass is 9.82. The number of fused-ring (bicyclic) bond motifs is 1. The normalized spacial score (nSPS) is 25.3. The van der Waals surface area contributed by atoms with Gasteiger partial charge in [0.1, 0.15) is 0 Å². The van der Waals surface area contributed by atoms with Crippen LogP contribution in [0.2, 0.25) is 0 Å². The Hall–Kier alpha value is -1.76. The Kier molecular flexibility index (Phi) is 4.58. The first kappa shape index (κ1) is 16.7. The molecule has 132 valence electrons. The van der Waals surface area contributed by atoms with E-state index in [1.54, 1.807) is 6.20 Å². The molecule has 4 rings (SSSR count). The minimum Gasteiger partial charge on any atom is -0.380 e. The van der Waals surface area contributed by atoms with E-state index in [0.717, 1.165) is 22.5 Å². The van der Waals surface area contributed by atoms with Gasteiger partial charge in [0.25, 0.3) is 5.91 Å². The molecule has 0 aromatic carbocycles. The lowest BCUT2D eigenvalue weighted by molar-refractivity contribution is 0.0186. The molecular weight excluding hydrogens is 336 g/mol. The van der Waals surface area contributed by atoms with Crippen LogP contribution in [0.4, 0.5) is 0 Å². The van der Waals surface area contributed by atoms with Crippen molar-refractivity contribution in [2.45, 2.75) is 13.5 Å². The first-order valence-corrected chi connectivity index (χ1v) is 9.44. The Labute approximate surface area is 151 Å². The van der Waals surface area contributed by atoms with Crippen LogP contribution in [-0.2, 0) is 16.1 Å². The summed E-state index contributed by atoms with van der Waals surface area (Å²) in [6, 6.07) is 5.93. The number of carbonyl (C=O) groups excluding carboxylic acids is 1. The van der Waals surface area contributed by atoms with Crippen molar-refractivity contribution in [2.75, 3.05) is 32.9 Å². The van der Waals surface area contributed by atoms with Gasteiger partial charge in [0.2, 0.25) is 0 Å². The van der Waals surface area contributed by atoms with Gasteiger partial charge in [-0.2, -0.15) is 0 Å². The molecule has 2 atom stereocenters. The van der Waals surface area contributed by atoms with Crippen LogP contribution in [-0.4, -0.2) is 48.7 Å². The monoisotopic (exact) mass is 358 g/mol. The van der Waals surface area contributed by atoms with Gasteiger partial charge in [0.05, 0.1) is 31.3 Å². The number of ether oxygens (including phenoxy) is 2. The standard InChI is InChI=1S/C19H22N2O3S/c1-14-4-6-25-17(14)18(22)21-8-16-10-24-13-19(16,11-21)12-23-9-15-3-2-5-20-7-15/h2-7,16H,8-13H2,1H3/t16-,19-/m1/s1. The summed E-state index contributed by atoms with van der Waals surface area (Å²) in [5.74, 6) is 0.499. The molecule has 25 heavy (non-hydrogen) atoms. The Morgan fingerprint density at radius 1 is 1.52 bits per heavy atom. The summed E-state index contributed by atoms with van der Waals surface area (Å²) in [5, 5.41) is 1.98. The average Bonchev–Trinajstić information content (AvgIpc) is 3.29. The molecule has 2 saturated heterocycles. The second kappa shape index (κ2) is 6.86. The SMILES string of the molecule is Cc1ccsc1C(=O)N1C[C@@H]2COC[C@]2(COCc2cccnc2)C1. The van der Waals surface area contributed by atoms with E-state index < -0.39 is 0 Å². The summed E-state index contributed by atoms with van der Waals surface area (Å²) in [6.45, 7) is 5.99. The molecule has 0 spiro atoms. The highest BCUT2D eigenvalue weighted by Gasteiger charge is 2.52. The van der Waals surface area contributed by atoms with Crippen molar-refractivity contribution in [3.63, 3.8) is 0 Å². The molecular formula is C19H22N2O3S. The van der Waals surface area contributed by atoms with Crippen molar-refractivity contribution in [3.05, 3.63) is 52.0 Å². The van der Waals surface area contributed by atoms with Crippen molar-refractivity contribution >= 4 is 17.2 Å². The molecule has 2 aromatic heterocycles. The summed E-state index contributed by atoms with van der Waals surface area (Å²) >= 11 is 1.53. The highest BCUT2D eigenvalue weighted by molar-refractivity contribution is 7.12. The van der Waals surface area contributed by atoms with Crippen molar-refractivity contribution in [3.8, 4) is 0 Å². The van der Waals surface area contributed by atoms with Crippen LogP contribution in [0.15, 0.2) is 36.0 Å². The van der Waals surface area contributed by atoms with Gasteiger partial charge >= 0.3 is 0 Å². The van der Waals surface area contributed by atoms with E-state index in [4.69, 9.17) is 9.47 Å². The molecule has 0 radical (unpaired) electrons. The number of pyridine rings is 1. The molecule has 1 amide bonds. The van der Waals surface area contributed by atoms with Crippen LogP contribution in [0.5, 0.6) is 0 Å². The zero-order valence-electron chi connectivity index (χ0n) is 14.3. The average molecular weight is 358 g/mol. The number of likely N-dealkylation sites (tertiary alicyclic amines) is 1. The van der Waals surface area contributed by atoms with Gasteiger partial charge in [-0.05, 0) is 35.6 Å². The number of aryl methyl sites for hydroxylation is 1. The molecule has 4 heterocycles. The van der Waals surface area contributed by atoms with Gasteiger partial charge in [-0.25, -0.2) is 0 Å². The van der Waals surface area contributed by atoms with Gasteiger partial charge in [-0.15, -0.1) is 11.3 Å². The predicted molar refractivity (Wildman–Crippen MR) is 95.6 cm³/mol. The summed E-state index contributed by atoms with van der Waals surface area (Å²) in [4.78, 5) is 19.8. The van der Waals surface area contributed by atoms with Gasteiger partial charge in [0.15, 0.2) is 0 Å². The van der Waals surface area contributed by atoms with Gasteiger partial charge in [-0.1, -0.05) is 6.07 Å². The van der Waals surface area contributed by atoms with Crippen LogP contribution in [0.3, 0.4) is 0 Å². The summed E-state index contributed by atoms with van der Waals surface area (Å²) in [6.07, 6.45) is 3.58. The molecule has 2 fully saturated rings. The second-order valence-electron chi connectivity index (χ2n) is 7.05. The largest absolute Gasteiger partial charge is 0.380 e. The molecule has 0 N–H and O–H groups in total. The number of hydrogen-bond donors (Lipinski definition) is 0. The third-order valence-corrected chi connectivity index (χ3v) is 6.25. The molecule has 0 bridgehead atoms. The van der Waals surface area contributed by atoms with E-state index in [2.05, 4.69) is 4.98 Å². The fraction of sp³-hybridized carbons (Fsp3) is 0.474. The fourth-order valence-electron chi connectivity index (χ4n) is 3.78. The number of carbonyl (C=O) groups is 1. The fourth-order valence-corrected chi connectivity index (χ4v) is 4.67. The van der Waals surface area contributed by atoms with Crippen molar-refractivity contribution < 1.29 is 14.3 Å². The number of amides is 1. The molecule has 2 aliphatic heterocycles. The number of aromatic nitrogens is 1. The lowest BCUT2D eigenvalue weighted by Gasteiger charge is -2.26. The molecule has 0 unspecified atom stereocenters. The molecule has 6 heteroatoms. The maximum Gasteiger partial charge on any atom is 0.264 e. The Morgan fingerprint density at radius 2 is 2.44 bits per heavy atom. The summed E-state index contributed by atoms with van der Waals surface area (Å²) in [7, 11) is 0. The van der Waals surface area contributed by atoms with Crippen LogP contribution in [0.1, 0.15) is 20.8 Å². The summed E-state index contributed by atoms with van der Waals surface area (Å²) in [5.41, 5.74) is 2.04. The topological polar surface area (TPSA) is 51.7 Å². The zero-order valence-corrected chi connectivity index (χ0v) is 15.1. The summed E-state index contributed by atoms with van der Waals surface area (Å²) < 4.78 is 11.7. The zero-order chi connectivity index (χ0) is 17.3. The number of rotatable bonds is 5. The second-order valence-corrected chi connectivity index (χ2v) is 7.96. The van der Waals surface area contributed by atoms with Crippen LogP contribution < -0.4 is 0 Å².